The number of aryl methyl sites for hydroxylation is 2. The van der Waals surface area contributed by atoms with Crippen molar-refractivity contribution in [3.8, 4) is 17.3 Å². The molecular formula is C48H53N3O2. The average Bonchev–Trinajstić information content (AvgIpc) is 3.72. The van der Waals surface area contributed by atoms with E-state index >= 15 is 0 Å². The highest BCUT2D eigenvalue weighted by Crippen LogP contribution is 2.42. The van der Waals surface area contributed by atoms with Crippen molar-refractivity contribution in [1.82, 2.24) is 9.55 Å². The Kier molecular flexibility index (Phi) is 8.95. The predicted molar refractivity (Wildman–Crippen MR) is 219 cm³/mol. The van der Waals surface area contributed by atoms with Crippen LogP contribution >= 0.6 is 0 Å². The molecule has 3 heterocycles. The molecule has 8 rings (SSSR count). The first kappa shape index (κ1) is 35.1. The molecule has 2 aliphatic rings. The second-order valence-corrected chi connectivity index (χ2v) is 17.5. The van der Waals surface area contributed by atoms with Crippen LogP contribution in [-0.4, -0.2) is 21.5 Å². The third-order valence-electron chi connectivity index (χ3n) is 11.5. The van der Waals surface area contributed by atoms with E-state index in [-0.39, 0.29) is 23.0 Å². The van der Waals surface area contributed by atoms with Crippen molar-refractivity contribution in [2.24, 2.45) is 10.9 Å². The van der Waals surface area contributed by atoms with Crippen LogP contribution < -0.4 is 4.74 Å². The van der Waals surface area contributed by atoms with E-state index in [1.54, 1.807) is 0 Å². The normalized spacial score (nSPS) is 18.4. The van der Waals surface area contributed by atoms with Crippen LogP contribution in [-0.2, 0) is 15.6 Å². The maximum atomic E-state index is 6.83. The van der Waals surface area contributed by atoms with E-state index in [0.29, 0.717) is 5.92 Å². The Bertz CT molecular complexity index is 2330. The van der Waals surface area contributed by atoms with Gasteiger partial charge in [-0.25, -0.2) is 9.98 Å². The second kappa shape index (κ2) is 13.5. The van der Waals surface area contributed by atoms with Gasteiger partial charge in [-0.2, -0.15) is 0 Å². The molecule has 0 spiro atoms. The van der Waals surface area contributed by atoms with E-state index in [4.69, 9.17) is 19.5 Å². The zero-order chi connectivity index (χ0) is 37.1. The molecule has 2 aromatic heterocycles. The Morgan fingerprint density at radius 3 is 2.17 bits per heavy atom. The molecule has 1 fully saturated rings. The Labute approximate surface area is 315 Å². The summed E-state index contributed by atoms with van der Waals surface area (Å²) in [6.07, 6.45) is 8.14. The molecule has 1 aliphatic heterocycles. The lowest BCUT2D eigenvalue weighted by molar-refractivity contribution is 0.150. The van der Waals surface area contributed by atoms with Crippen molar-refractivity contribution in [3.05, 3.63) is 131 Å². The summed E-state index contributed by atoms with van der Waals surface area (Å²) < 4.78 is 16.0. The summed E-state index contributed by atoms with van der Waals surface area (Å²) in [7, 11) is 0. The molecule has 4 aromatic carbocycles. The zero-order valence-corrected chi connectivity index (χ0v) is 32.7. The van der Waals surface area contributed by atoms with Gasteiger partial charge in [0.15, 0.2) is 0 Å². The molecule has 0 unspecified atom stereocenters. The first-order valence-corrected chi connectivity index (χ1v) is 19.5. The van der Waals surface area contributed by atoms with Crippen molar-refractivity contribution < 1.29 is 9.47 Å². The number of hydrogen-bond acceptors (Lipinski definition) is 4. The van der Waals surface area contributed by atoms with Crippen LogP contribution in [0, 0.1) is 19.8 Å². The Morgan fingerprint density at radius 1 is 0.698 bits per heavy atom. The van der Waals surface area contributed by atoms with E-state index in [9.17, 15) is 0 Å². The highest BCUT2D eigenvalue weighted by Gasteiger charge is 2.39. The van der Waals surface area contributed by atoms with Crippen LogP contribution in [0.5, 0.6) is 11.5 Å². The highest BCUT2D eigenvalue weighted by atomic mass is 16.5. The van der Waals surface area contributed by atoms with E-state index in [2.05, 4.69) is 151 Å². The van der Waals surface area contributed by atoms with Gasteiger partial charge in [0, 0.05) is 28.6 Å². The molecule has 6 aromatic rings. The number of aliphatic imine (C=N–C) groups is 1. The third kappa shape index (κ3) is 6.75. The van der Waals surface area contributed by atoms with Gasteiger partial charge in [0.1, 0.15) is 23.4 Å². The molecule has 0 radical (unpaired) electrons. The lowest BCUT2D eigenvalue weighted by Gasteiger charge is -2.29. The fraction of sp³-hybridized carbons (Fsp3) is 0.375. The topological polar surface area (TPSA) is 48.6 Å². The van der Waals surface area contributed by atoms with Gasteiger partial charge in [0.25, 0.3) is 0 Å². The summed E-state index contributed by atoms with van der Waals surface area (Å²) in [4.78, 5) is 10.3. The summed E-state index contributed by atoms with van der Waals surface area (Å²) >= 11 is 0. The SMILES string of the molecule is Cc1cc(C)c(C2=N[C@H](C3CCCCC3)[C@@H](c3ccccc3)O2)cc1Oc1ccc2c3cc(C(C)(C)C)ccc3n(-c3cc(C(C)(C)C)ccn3)c2c1. The predicted octanol–water partition coefficient (Wildman–Crippen LogP) is 12.6. The van der Waals surface area contributed by atoms with Gasteiger partial charge in [-0.15, -0.1) is 0 Å². The van der Waals surface area contributed by atoms with Gasteiger partial charge in [-0.05, 0) is 114 Å². The maximum Gasteiger partial charge on any atom is 0.217 e. The molecule has 0 saturated heterocycles. The summed E-state index contributed by atoms with van der Waals surface area (Å²) in [5.74, 6) is 3.75. The van der Waals surface area contributed by atoms with Gasteiger partial charge in [0.2, 0.25) is 5.90 Å². The standard InChI is InChI=1S/C48H53N3O2/c1-30-25-31(2)42(29-38(30)46-50-44(32-15-11-9-12-16-32)45(53-46)33-17-13-10-14-18-33)52-36-20-21-37-39-26-34(47(3,4)5)19-22-40(39)51(41(37)28-36)43-27-35(23-24-49-43)48(6,7)8/h10,13-14,17-29,32,44-45H,9,11-12,15-16H2,1-8H3/t44-,45-/m1/s1. The number of ether oxygens (including phenoxy) is 2. The molecule has 5 nitrogen and oxygen atoms in total. The summed E-state index contributed by atoms with van der Waals surface area (Å²) in [6.45, 7) is 17.8. The first-order chi connectivity index (χ1) is 25.3. The Balaban J connectivity index is 1.20. The summed E-state index contributed by atoms with van der Waals surface area (Å²) in [5.41, 5.74) is 9.19. The van der Waals surface area contributed by atoms with Crippen LogP contribution in [0.25, 0.3) is 27.6 Å². The molecular weight excluding hydrogens is 651 g/mol. The van der Waals surface area contributed by atoms with Crippen LogP contribution in [0.1, 0.15) is 113 Å². The minimum absolute atomic E-state index is 0.00430. The van der Waals surface area contributed by atoms with E-state index < -0.39 is 0 Å². The van der Waals surface area contributed by atoms with Crippen molar-refractivity contribution in [3.63, 3.8) is 0 Å². The number of fused-ring (bicyclic) bond motifs is 3. The smallest absolute Gasteiger partial charge is 0.217 e. The number of rotatable bonds is 6. The van der Waals surface area contributed by atoms with Crippen LogP contribution in [0.15, 0.2) is 102 Å². The van der Waals surface area contributed by atoms with Gasteiger partial charge < -0.3 is 9.47 Å². The second-order valence-electron chi connectivity index (χ2n) is 17.5. The molecule has 0 amide bonds. The molecule has 5 heteroatoms. The number of pyridine rings is 1. The highest BCUT2D eigenvalue weighted by molar-refractivity contribution is 6.10. The summed E-state index contributed by atoms with van der Waals surface area (Å²) in [6, 6.07) is 32.8. The van der Waals surface area contributed by atoms with E-state index in [1.807, 2.05) is 6.20 Å². The number of benzene rings is 4. The van der Waals surface area contributed by atoms with Crippen molar-refractivity contribution in [1.29, 1.82) is 0 Å². The van der Waals surface area contributed by atoms with Gasteiger partial charge >= 0.3 is 0 Å². The van der Waals surface area contributed by atoms with Gasteiger partial charge in [-0.3, -0.25) is 4.57 Å². The number of hydrogen-bond donors (Lipinski definition) is 0. The van der Waals surface area contributed by atoms with Gasteiger partial charge in [-0.1, -0.05) is 103 Å². The fourth-order valence-electron chi connectivity index (χ4n) is 8.38. The molecule has 1 saturated carbocycles. The Hall–Kier alpha value is -4.90. The fourth-order valence-corrected chi connectivity index (χ4v) is 8.38. The quantitative estimate of drug-likeness (QED) is 0.173. The first-order valence-electron chi connectivity index (χ1n) is 19.5. The summed E-state index contributed by atoms with van der Waals surface area (Å²) in [5, 5.41) is 2.39. The van der Waals surface area contributed by atoms with Crippen LogP contribution in [0.3, 0.4) is 0 Å². The van der Waals surface area contributed by atoms with E-state index in [1.165, 1.54) is 59.6 Å². The molecule has 53 heavy (non-hydrogen) atoms. The third-order valence-corrected chi connectivity index (χ3v) is 11.5. The number of aromatic nitrogens is 2. The molecule has 1 aliphatic carbocycles. The van der Waals surface area contributed by atoms with Crippen molar-refractivity contribution in [2.45, 2.75) is 110 Å². The van der Waals surface area contributed by atoms with Crippen molar-refractivity contribution in [2.75, 3.05) is 0 Å². The largest absolute Gasteiger partial charge is 0.467 e. The monoisotopic (exact) mass is 703 g/mol. The van der Waals surface area contributed by atoms with Crippen LogP contribution in [0.2, 0.25) is 0 Å². The lowest BCUT2D eigenvalue weighted by atomic mass is 9.81. The van der Waals surface area contributed by atoms with Crippen molar-refractivity contribution >= 4 is 27.7 Å². The lowest BCUT2D eigenvalue weighted by Crippen LogP contribution is -2.25. The molecule has 2 atom stereocenters. The number of nitrogens with zero attached hydrogens (tertiary/aromatic N) is 3. The van der Waals surface area contributed by atoms with Gasteiger partial charge in [0.05, 0.1) is 17.1 Å². The molecule has 0 N–H and O–H groups in total. The maximum absolute atomic E-state index is 6.83. The average molecular weight is 704 g/mol. The zero-order valence-electron chi connectivity index (χ0n) is 32.7. The molecule has 272 valence electrons. The Morgan fingerprint density at radius 2 is 1.43 bits per heavy atom. The minimum Gasteiger partial charge on any atom is -0.467 e. The van der Waals surface area contributed by atoms with E-state index in [0.717, 1.165) is 50.9 Å². The molecule has 0 bridgehead atoms. The minimum atomic E-state index is -0.0760. The van der Waals surface area contributed by atoms with Crippen LogP contribution in [0.4, 0.5) is 0 Å².